The molecule has 0 saturated carbocycles. The molecule has 1 atom stereocenters. The van der Waals surface area contributed by atoms with Gasteiger partial charge in [-0.1, -0.05) is 30.3 Å². The Balaban J connectivity index is 0.00000364. The number of rotatable bonds is 8. The highest BCUT2D eigenvalue weighted by molar-refractivity contribution is 14.0. The first-order valence-corrected chi connectivity index (χ1v) is 9.53. The normalized spacial score (nSPS) is 17.0. The van der Waals surface area contributed by atoms with Crippen molar-refractivity contribution in [1.82, 2.24) is 15.5 Å². The Labute approximate surface area is 180 Å². The summed E-state index contributed by atoms with van der Waals surface area (Å²) < 4.78 is 5.76. The van der Waals surface area contributed by atoms with Crippen LogP contribution in [-0.4, -0.2) is 63.2 Å². The molecule has 27 heavy (non-hydrogen) atoms. The summed E-state index contributed by atoms with van der Waals surface area (Å²) in [6.07, 6.45) is 5.68. The molecule has 1 aliphatic rings. The van der Waals surface area contributed by atoms with Crippen molar-refractivity contribution in [3.8, 4) is 0 Å². The lowest BCUT2D eigenvalue weighted by molar-refractivity contribution is -0.127. The first-order chi connectivity index (χ1) is 12.6. The number of nitrogens with one attached hydrogen (secondary N) is 2. The number of hydrogen-bond acceptors (Lipinski definition) is 3. The number of likely N-dealkylation sites (N-methyl/N-ethyl adjacent to an activating group) is 1. The summed E-state index contributed by atoms with van der Waals surface area (Å²) in [5, 5.41) is 6.66. The number of halogens is 1. The second-order valence-corrected chi connectivity index (χ2v) is 6.84. The van der Waals surface area contributed by atoms with Crippen LogP contribution in [0.2, 0.25) is 0 Å². The first kappa shape index (κ1) is 23.7. The Kier molecular flexibility index (Phi) is 12.1. The van der Waals surface area contributed by atoms with Crippen molar-refractivity contribution in [2.24, 2.45) is 4.99 Å². The van der Waals surface area contributed by atoms with Crippen molar-refractivity contribution in [3.63, 3.8) is 0 Å². The molecule has 7 heteroatoms. The highest BCUT2D eigenvalue weighted by Gasteiger charge is 2.14. The van der Waals surface area contributed by atoms with Gasteiger partial charge in [0.2, 0.25) is 5.91 Å². The molecule has 1 fully saturated rings. The van der Waals surface area contributed by atoms with Crippen LogP contribution in [0.15, 0.2) is 35.3 Å². The molecule has 2 N–H and O–H groups in total. The Bertz CT molecular complexity index is 560. The highest BCUT2D eigenvalue weighted by atomic mass is 127. The lowest BCUT2D eigenvalue weighted by Crippen LogP contribution is -2.43. The molecule has 0 aromatic heterocycles. The Morgan fingerprint density at radius 1 is 1.22 bits per heavy atom. The van der Waals surface area contributed by atoms with Gasteiger partial charge in [-0.2, -0.15) is 0 Å². The molecular weight excluding hydrogens is 455 g/mol. The van der Waals surface area contributed by atoms with E-state index < -0.39 is 0 Å². The van der Waals surface area contributed by atoms with E-state index in [1.807, 2.05) is 6.07 Å². The summed E-state index contributed by atoms with van der Waals surface area (Å²) in [6, 6.07) is 10.4. The molecule has 1 aliphatic heterocycles. The van der Waals surface area contributed by atoms with Gasteiger partial charge >= 0.3 is 0 Å². The minimum absolute atomic E-state index is 0. The number of ether oxygens (including phenoxy) is 1. The van der Waals surface area contributed by atoms with Gasteiger partial charge in [-0.3, -0.25) is 4.79 Å². The van der Waals surface area contributed by atoms with E-state index in [0.29, 0.717) is 5.96 Å². The van der Waals surface area contributed by atoms with E-state index in [-0.39, 0.29) is 42.5 Å². The number of nitrogens with zero attached hydrogens (tertiary/aromatic N) is 2. The van der Waals surface area contributed by atoms with Crippen LogP contribution in [0.25, 0.3) is 0 Å². The van der Waals surface area contributed by atoms with Gasteiger partial charge in [-0.15, -0.1) is 24.0 Å². The maximum absolute atomic E-state index is 11.8. The summed E-state index contributed by atoms with van der Waals surface area (Å²) in [5.74, 6) is 0.673. The molecule has 0 spiro atoms. The molecule has 1 amide bonds. The fraction of sp³-hybridized carbons (Fsp3) is 0.600. The van der Waals surface area contributed by atoms with Crippen LogP contribution in [0.1, 0.15) is 31.2 Å². The van der Waals surface area contributed by atoms with Gasteiger partial charge < -0.3 is 20.3 Å². The average molecular weight is 488 g/mol. The highest BCUT2D eigenvalue weighted by Crippen LogP contribution is 2.11. The van der Waals surface area contributed by atoms with Crippen LogP contribution in [-0.2, 0) is 16.0 Å². The van der Waals surface area contributed by atoms with Crippen LogP contribution in [0.4, 0.5) is 0 Å². The van der Waals surface area contributed by atoms with Crippen LogP contribution in [0.3, 0.4) is 0 Å². The van der Waals surface area contributed by atoms with Crippen molar-refractivity contribution >= 4 is 35.8 Å². The summed E-state index contributed by atoms with van der Waals surface area (Å²) in [4.78, 5) is 17.8. The Morgan fingerprint density at radius 2 is 2.00 bits per heavy atom. The standard InChI is InChI=1S/C20H32N4O2.HI/c1-24(2)19(25)16-23-20(22-15-18-12-6-7-14-26-18)21-13-8-11-17-9-4-3-5-10-17;/h3-5,9-10,18H,6-8,11-16H2,1-2H3,(H2,21,22,23);1H. The minimum atomic E-state index is -0.00991. The van der Waals surface area contributed by atoms with Crippen LogP contribution in [0.5, 0.6) is 0 Å². The third kappa shape index (κ3) is 9.95. The third-order valence-corrected chi connectivity index (χ3v) is 4.42. The second-order valence-electron chi connectivity index (χ2n) is 6.84. The van der Waals surface area contributed by atoms with Crippen molar-refractivity contribution in [2.75, 3.05) is 40.3 Å². The number of carbonyl (C=O) groups is 1. The molecule has 2 rings (SSSR count). The fourth-order valence-electron chi connectivity index (χ4n) is 2.79. The molecule has 1 saturated heterocycles. The van der Waals surface area contributed by atoms with E-state index >= 15 is 0 Å². The molecule has 1 unspecified atom stereocenters. The number of amides is 1. The van der Waals surface area contributed by atoms with Gasteiger partial charge in [0, 0.05) is 33.8 Å². The number of hydrogen-bond donors (Lipinski definition) is 2. The van der Waals surface area contributed by atoms with E-state index in [4.69, 9.17) is 4.74 Å². The Hall–Kier alpha value is -1.35. The van der Waals surface area contributed by atoms with Crippen molar-refractivity contribution in [3.05, 3.63) is 35.9 Å². The van der Waals surface area contributed by atoms with E-state index in [2.05, 4.69) is 39.9 Å². The molecule has 0 bridgehead atoms. The quantitative estimate of drug-likeness (QED) is 0.256. The molecule has 1 heterocycles. The van der Waals surface area contributed by atoms with Gasteiger partial charge in [0.25, 0.3) is 0 Å². The van der Waals surface area contributed by atoms with E-state index in [9.17, 15) is 4.79 Å². The van der Waals surface area contributed by atoms with Gasteiger partial charge in [0.15, 0.2) is 5.96 Å². The lowest BCUT2D eigenvalue weighted by Gasteiger charge is -2.24. The zero-order valence-electron chi connectivity index (χ0n) is 16.4. The predicted molar refractivity (Wildman–Crippen MR) is 121 cm³/mol. The molecule has 0 aliphatic carbocycles. The molecule has 152 valence electrons. The Morgan fingerprint density at radius 3 is 2.67 bits per heavy atom. The smallest absolute Gasteiger partial charge is 0.243 e. The molecular formula is C20H33IN4O2. The average Bonchev–Trinajstić information content (AvgIpc) is 2.67. The van der Waals surface area contributed by atoms with Gasteiger partial charge in [0.05, 0.1) is 6.10 Å². The third-order valence-electron chi connectivity index (χ3n) is 4.42. The van der Waals surface area contributed by atoms with Crippen LogP contribution < -0.4 is 10.6 Å². The summed E-state index contributed by atoms with van der Waals surface area (Å²) in [6.45, 7) is 2.51. The second kappa shape index (κ2) is 13.8. The summed E-state index contributed by atoms with van der Waals surface area (Å²) in [5.41, 5.74) is 1.33. The van der Waals surface area contributed by atoms with E-state index in [1.54, 1.807) is 19.0 Å². The van der Waals surface area contributed by atoms with Crippen LogP contribution >= 0.6 is 24.0 Å². The molecule has 0 radical (unpaired) electrons. The first-order valence-electron chi connectivity index (χ1n) is 9.53. The summed E-state index contributed by atoms with van der Waals surface area (Å²) >= 11 is 0. The lowest BCUT2D eigenvalue weighted by atomic mass is 10.1. The summed E-state index contributed by atoms with van der Waals surface area (Å²) in [7, 11) is 3.49. The van der Waals surface area contributed by atoms with Crippen molar-refractivity contribution in [2.45, 2.75) is 38.2 Å². The number of guanidine groups is 1. The number of aryl methyl sites for hydroxylation is 1. The largest absolute Gasteiger partial charge is 0.376 e. The van der Waals surface area contributed by atoms with Crippen molar-refractivity contribution < 1.29 is 9.53 Å². The molecule has 1 aromatic rings. The van der Waals surface area contributed by atoms with E-state index in [1.165, 1.54) is 12.0 Å². The zero-order chi connectivity index (χ0) is 18.6. The number of benzene rings is 1. The monoisotopic (exact) mass is 488 g/mol. The SMILES string of the molecule is CN(C)C(=O)CN=C(NCCCc1ccccc1)NCC1CCCCO1.I. The van der Waals surface area contributed by atoms with Crippen LogP contribution in [0, 0.1) is 0 Å². The van der Waals surface area contributed by atoms with Gasteiger partial charge in [-0.25, -0.2) is 4.99 Å². The number of aliphatic imine (C=N–C) groups is 1. The van der Waals surface area contributed by atoms with Crippen molar-refractivity contribution in [1.29, 1.82) is 0 Å². The van der Waals surface area contributed by atoms with Gasteiger partial charge in [0.1, 0.15) is 6.54 Å². The van der Waals surface area contributed by atoms with E-state index in [0.717, 1.165) is 45.4 Å². The maximum atomic E-state index is 11.8. The topological polar surface area (TPSA) is 66.0 Å². The zero-order valence-corrected chi connectivity index (χ0v) is 18.8. The predicted octanol–water partition coefficient (Wildman–Crippen LogP) is 2.43. The van der Waals surface area contributed by atoms with Gasteiger partial charge in [-0.05, 0) is 37.7 Å². The molecule has 1 aromatic carbocycles. The minimum Gasteiger partial charge on any atom is -0.376 e. The maximum Gasteiger partial charge on any atom is 0.243 e. The molecule has 6 nitrogen and oxygen atoms in total. The fourth-order valence-corrected chi connectivity index (χ4v) is 2.79. The number of carbonyl (C=O) groups excluding carboxylic acids is 1.